The van der Waals surface area contributed by atoms with E-state index < -0.39 is 0 Å². The molecule has 0 bridgehead atoms. The van der Waals surface area contributed by atoms with E-state index in [0.29, 0.717) is 6.61 Å². The van der Waals surface area contributed by atoms with Crippen LogP contribution < -0.4 is 11.5 Å². The van der Waals surface area contributed by atoms with Crippen molar-refractivity contribution < 1.29 is 9.84 Å². The molecule has 0 amide bonds. The first kappa shape index (κ1) is 8.93. The van der Waals surface area contributed by atoms with Crippen LogP contribution >= 0.6 is 0 Å². The van der Waals surface area contributed by atoms with Crippen LogP contribution in [0.3, 0.4) is 0 Å². The minimum Gasteiger partial charge on any atom is -0.395 e. The van der Waals surface area contributed by atoms with Crippen molar-refractivity contribution in [3.05, 3.63) is 0 Å². The number of ether oxygens (including phenoxy) is 1. The van der Waals surface area contributed by atoms with Gasteiger partial charge in [0.25, 0.3) is 0 Å². The van der Waals surface area contributed by atoms with Gasteiger partial charge in [-0.3, -0.25) is 0 Å². The van der Waals surface area contributed by atoms with Crippen LogP contribution in [0, 0.1) is 0 Å². The van der Waals surface area contributed by atoms with Gasteiger partial charge in [0.1, 0.15) is 0 Å². The summed E-state index contributed by atoms with van der Waals surface area (Å²) in [5, 5.41) is 8.72. The Kier molecular flexibility index (Phi) is 3.26. The van der Waals surface area contributed by atoms with Gasteiger partial charge in [-0.25, -0.2) is 0 Å². The van der Waals surface area contributed by atoms with Crippen LogP contribution in [-0.4, -0.2) is 36.5 Å². The van der Waals surface area contributed by atoms with Crippen molar-refractivity contribution in [3.63, 3.8) is 0 Å². The second-order valence-electron chi connectivity index (χ2n) is 3.06. The molecule has 1 fully saturated rings. The van der Waals surface area contributed by atoms with Crippen molar-refractivity contribution in [3.8, 4) is 0 Å². The molecule has 0 radical (unpaired) electrons. The zero-order valence-corrected chi connectivity index (χ0v) is 6.57. The van der Waals surface area contributed by atoms with E-state index in [4.69, 9.17) is 21.3 Å². The first-order valence-electron chi connectivity index (χ1n) is 3.97. The molecule has 1 rings (SSSR count). The van der Waals surface area contributed by atoms with Gasteiger partial charge in [0.15, 0.2) is 0 Å². The van der Waals surface area contributed by atoms with Crippen molar-refractivity contribution in [1.29, 1.82) is 0 Å². The summed E-state index contributed by atoms with van der Waals surface area (Å²) in [6.45, 7) is 0.554. The van der Waals surface area contributed by atoms with Crippen LogP contribution in [0.15, 0.2) is 0 Å². The summed E-state index contributed by atoms with van der Waals surface area (Å²) < 4.78 is 5.33. The Bertz CT molecular complexity index is 113. The van der Waals surface area contributed by atoms with Crippen LogP contribution in [0.2, 0.25) is 0 Å². The van der Waals surface area contributed by atoms with Crippen LogP contribution in [0.5, 0.6) is 0 Å². The van der Waals surface area contributed by atoms with Crippen molar-refractivity contribution in [1.82, 2.24) is 0 Å². The lowest BCUT2D eigenvalue weighted by molar-refractivity contribution is -0.0192. The Morgan fingerprint density at radius 2 is 2.27 bits per heavy atom. The second-order valence-corrected chi connectivity index (χ2v) is 3.06. The number of nitrogens with two attached hydrogens (primary N) is 2. The minimum absolute atomic E-state index is 0.000185. The summed E-state index contributed by atoms with van der Waals surface area (Å²) in [5.41, 5.74) is 11.2. The third kappa shape index (κ3) is 2.41. The third-order valence-electron chi connectivity index (χ3n) is 2.03. The lowest BCUT2D eigenvalue weighted by Gasteiger charge is -2.29. The Morgan fingerprint density at radius 1 is 1.55 bits per heavy atom. The maximum atomic E-state index is 8.72. The fraction of sp³-hybridized carbons (Fsp3) is 1.00. The predicted octanol–water partition coefficient (Wildman–Crippen LogP) is -1.19. The second kappa shape index (κ2) is 4.01. The van der Waals surface area contributed by atoms with Gasteiger partial charge in [0, 0.05) is 6.04 Å². The zero-order valence-electron chi connectivity index (χ0n) is 6.57. The highest BCUT2D eigenvalue weighted by atomic mass is 16.5. The van der Waals surface area contributed by atoms with Crippen LogP contribution in [0.4, 0.5) is 0 Å². The zero-order chi connectivity index (χ0) is 8.27. The van der Waals surface area contributed by atoms with Crippen LogP contribution in [-0.2, 0) is 4.74 Å². The average Bonchev–Trinajstić information content (AvgIpc) is 2.05. The largest absolute Gasteiger partial charge is 0.395 e. The molecule has 3 unspecified atom stereocenters. The van der Waals surface area contributed by atoms with Gasteiger partial charge in [-0.1, -0.05) is 0 Å². The van der Waals surface area contributed by atoms with Gasteiger partial charge >= 0.3 is 0 Å². The van der Waals surface area contributed by atoms with E-state index in [2.05, 4.69) is 0 Å². The summed E-state index contributed by atoms with van der Waals surface area (Å²) in [5.74, 6) is 0. The first-order valence-corrected chi connectivity index (χ1v) is 3.97. The molecule has 4 heteroatoms. The van der Waals surface area contributed by atoms with Crippen molar-refractivity contribution >= 4 is 0 Å². The highest BCUT2D eigenvalue weighted by Crippen LogP contribution is 2.13. The molecule has 66 valence electrons. The number of rotatable bonds is 2. The lowest BCUT2D eigenvalue weighted by Crippen LogP contribution is -2.46. The molecule has 11 heavy (non-hydrogen) atoms. The monoisotopic (exact) mass is 160 g/mol. The van der Waals surface area contributed by atoms with E-state index in [9.17, 15) is 0 Å². The predicted molar refractivity (Wildman–Crippen MR) is 42.0 cm³/mol. The molecule has 0 spiro atoms. The number of hydrogen-bond donors (Lipinski definition) is 3. The van der Waals surface area contributed by atoms with Crippen molar-refractivity contribution in [2.45, 2.75) is 31.0 Å². The van der Waals surface area contributed by atoms with Crippen LogP contribution in [0.1, 0.15) is 12.8 Å². The Morgan fingerprint density at radius 3 is 2.73 bits per heavy atom. The minimum atomic E-state index is -0.248. The van der Waals surface area contributed by atoms with Crippen molar-refractivity contribution in [2.24, 2.45) is 11.5 Å². The standard InChI is InChI=1S/C7H16N2O2/c8-5-1-2-7(11-4-5)6(9)3-10/h5-7,10H,1-4,8-9H2. The average molecular weight is 160 g/mol. The van der Waals surface area contributed by atoms with E-state index in [1.165, 1.54) is 0 Å². The molecule has 1 heterocycles. The molecule has 1 aliphatic rings. The molecule has 0 saturated carbocycles. The third-order valence-corrected chi connectivity index (χ3v) is 2.03. The molecule has 4 nitrogen and oxygen atoms in total. The summed E-state index contributed by atoms with van der Waals surface area (Å²) >= 11 is 0. The maximum Gasteiger partial charge on any atom is 0.0749 e. The Hall–Kier alpha value is -0.160. The molecule has 5 N–H and O–H groups in total. The fourth-order valence-electron chi connectivity index (χ4n) is 1.25. The quantitative estimate of drug-likeness (QED) is 0.474. The van der Waals surface area contributed by atoms with Gasteiger partial charge in [0.05, 0.1) is 25.4 Å². The summed E-state index contributed by atoms with van der Waals surface area (Å²) in [4.78, 5) is 0. The molecule has 1 saturated heterocycles. The van der Waals surface area contributed by atoms with E-state index in [1.807, 2.05) is 0 Å². The van der Waals surface area contributed by atoms with Gasteiger partial charge < -0.3 is 21.3 Å². The molecule has 0 aromatic heterocycles. The normalized spacial score (nSPS) is 35.2. The number of hydrogen-bond acceptors (Lipinski definition) is 4. The van der Waals surface area contributed by atoms with Gasteiger partial charge in [0.2, 0.25) is 0 Å². The molecule has 1 aliphatic heterocycles. The number of aliphatic hydroxyl groups excluding tert-OH is 1. The molecule has 0 aromatic carbocycles. The highest BCUT2D eigenvalue weighted by Gasteiger charge is 2.23. The fourth-order valence-corrected chi connectivity index (χ4v) is 1.25. The van der Waals surface area contributed by atoms with Crippen molar-refractivity contribution in [2.75, 3.05) is 13.2 Å². The van der Waals surface area contributed by atoms with Gasteiger partial charge in [-0.15, -0.1) is 0 Å². The summed E-state index contributed by atoms with van der Waals surface area (Å²) in [6.07, 6.45) is 1.81. The molecular formula is C7H16N2O2. The maximum absolute atomic E-state index is 8.72. The van der Waals surface area contributed by atoms with E-state index in [-0.39, 0.29) is 24.8 Å². The van der Waals surface area contributed by atoms with E-state index in [0.717, 1.165) is 12.8 Å². The SMILES string of the molecule is NC1CCC(C(N)CO)OC1. The topological polar surface area (TPSA) is 81.5 Å². The lowest BCUT2D eigenvalue weighted by atomic mass is 10.0. The highest BCUT2D eigenvalue weighted by molar-refractivity contribution is 4.79. The van der Waals surface area contributed by atoms with E-state index in [1.54, 1.807) is 0 Å². The molecule has 0 aromatic rings. The van der Waals surface area contributed by atoms with Crippen LogP contribution in [0.25, 0.3) is 0 Å². The Labute approximate surface area is 66.5 Å². The van der Waals surface area contributed by atoms with E-state index >= 15 is 0 Å². The smallest absolute Gasteiger partial charge is 0.0749 e. The first-order chi connectivity index (χ1) is 5.24. The molecule has 0 aliphatic carbocycles. The van der Waals surface area contributed by atoms with Gasteiger partial charge in [-0.05, 0) is 12.8 Å². The summed E-state index contributed by atoms with van der Waals surface area (Å²) in [6, 6.07) is -0.0976. The van der Waals surface area contributed by atoms with Gasteiger partial charge in [-0.2, -0.15) is 0 Å². The summed E-state index contributed by atoms with van der Waals surface area (Å²) in [7, 11) is 0. The molecular weight excluding hydrogens is 144 g/mol. The number of aliphatic hydroxyl groups is 1. The molecule has 3 atom stereocenters. The Balaban J connectivity index is 2.27.